The molecule has 0 rings (SSSR count). The van der Waals surface area contributed by atoms with Crippen molar-refractivity contribution in [3.8, 4) is 0 Å². The van der Waals surface area contributed by atoms with Gasteiger partial charge in [0.1, 0.15) is 0 Å². The Morgan fingerprint density at radius 1 is 0.448 bits per heavy atom. The monoisotopic (exact) mass is 798 g/mol. The van der Waals surface area contributed by atoms with E-state index >= 15 is 0 Å². The number of carboxylic acids is 6. The van der Waals surface area contributed by atoms with Crippen LogP contribution in [-0.2, 0) is 28.8 Å². The van der Waals surface area contributed by atoms with Gasteiger partial charge in [-0.3, -0.25) is 19.2 Å². The molecule has 0 unspecified atom stereocenters. The van der Waals surface area contributed by atoms with E-state index in [1.807, 2.05) is 0 Å². The molecule has 14 nitrogen and oxygen atoms in total. The average Bonchev–Trinajstić information content (AvgIpc) is 2.34. The zero-order valence-electron chi connectivity index (χ0n) is 15.0. The SMILES string of the molecule is O=C(O)CC(O)(CC(=O)O)C(=O)O.O=C(O)CC(O)(CC(=O)O)C(=O)O.[Ba].[Ba].[Ba]. The molecule has 0 aromatic heterocycles. The first kappa shape index (κ1) is 40.8. The topological polar surface area (TPSA) is 264 Å². The van der Waals surface area contributed by atoms with Gasteiger partial charge in [-0.05, 0) is 0 Å². The molecule has 0 aromatic carbocycles. The van der Waals surface area contributed by atoms with Crippen molar-refractivity contribution >= 4 is 182 Å². The Bertz CT molecular complexity index is 521. The third-order valence-corrected chi connectivity index (χ3v) is 2.57. The number of hydrogen-bond acceptors (Lipinski definition) is 8. The average molecular weight is 796 g/mol. The van der Waals surface area contributed by atoms with Crippen LogP contribution in [0.1, 0.15) is 25.7 Å². The molecule has 154 valence electrons. The molecule has 0 aliphatic rings. The van der Waals surface area contributed by atoms with Gasteiger partial charge in [0, 0.05) is 147 Å². The molecule has 0 bridgehead atoms. The maximum Gasteiger partial charge on any atom is 0.336 e. The van der Waals surface area contributed by atoms with Gasteiger partial charge in [0.2, 0.25) is 0 Å². The van der Waals surface area contributed by atoms with Crippen molar-refractivity contribution in [3.63, 3.8) is 0 Å². The minimum atomic E-state index is -2.74. The molecule has 6 radical (unpaired) electrons. The Labute approximate surface area is 283 Å². The fourth-order valence-electron chi connectivity index (χ4n) is 1.43. The Hall–Kier alpha value is 1.45. The molecule has 0 spiro atoms. The van der Waals surface area contributed by atoms with Gasteiger partial charge in [-0.25, -0.2) is 9.59 Å². The third-order valence-electron chi connectivity index (χ3n) is 2.57. The van der Waals surface area contributed by atoms with Crippen molar-refractivity contribution in [1.82, 2.24) is 0 Å². The molecule has 0 atom stereocenters. The summed E-state index contributed by atoms with van der Waals surface area (Å²) in [6.45, 7) is 0. The molecule has 0 aliphatic heterocycles. The number of rotatable bonds is 10. The van der Waals surface area contributed by atoms with Crippen LogP contribution in [0.3, 0.4) is 0 Å². The maximum absolute atomic E-state index is 10.3. The molecule has 29 heavy (non-hydrogen) atoms. The van der Waals surface area contributed by atoms with Crippen molar-refractivity contribution in [2.24, 2.45) is 0 Å². The molecule has 0 heterocycles. The van der Waals surface area contributed by atoms with E-state index in [2.05, 4.69) is 0 Å². The summed E-state index contributed by atoms with van der Waals surface area (Å²) in [6, 6.07) is 0. The second-order valence-corrected chi connectivity index (χ2v) is 4.96. The van der Waals surface area contributed by atoms with Gasteiger partial charge >= 0.3 is 35.8 Å². The molecule has 0 aromatic rings. The van der Waals surface area contributed by atoms with Gasteiger partial charge in [-0.15, -0.1) is 0 Å². The second-order valence-electron chi connectivity index (χ2n) is 4.96. The summed E-state index contributed by atoms with van der Waals surface area (Å²) in [5.74, 6) is -10.0. The van der Waals surface area contributed by atoms with Crippen molar-refractivity contribution in [2.75, 3.05) is 0 Å². The normalized spacial score (nSPS) is 9.72. The van der Waals surface area contributed by atoms with E-state index in [0.29, 0.717) is 0 Å². The van der Waals surface area contributed by atoms with Crippen molar-refractivity contribution in [3.05, 3.63) is 0 Å². The van der Waals surface area contributed by atoms with Crippen LogP contribution in [0, 0.1) is 0 Å². The summed E-state index contributed by atoms with van der Waals surface area (Å²) in [5.41, 5.74) is -5.48. The first-order valence-electron chi connectivity index (χ1n) is 6.34. The van der Waals surface area contributed by atoms with E-state index in [-0.39, 0.29) is 147 Å². The quantitative estimate of drug-likeness (QED) is 0.0993. The summed E-state index contributed by atoms with van der Waals surface area (Å²) in [6.07, 6.45) is -4.58. The van der Waals surface area contributed by atoms with Gasteiger partial charge in [-0.2, -0.15) is 0 Å². The van der Waals surface area contributed by atoms with Crippen LogP contribution in [-0.4, -0.2) is 235 Å². The van der Waals surface area contributed by atoms with Crippen molar-refractivity contribution < 1.29 is 69.6 Å². The number of aliphatic hydroxyl groups is 2. The first-order valence-corrected chi connectivity index (χ1v) is 6.34. The van der Waals surface area contributed by atoms with E-state index in [9.17, 15) is 28.8 Å². The maximum atomic E-state index is 10.3. The summed E-state index contributed by atoms with van der Waals surface area (Å²) in [4.78, 5) is 61.0. The van der Waals surface area contributed by atoms with Gasteiger partial charge in [-0.1, -0.05) is 0 Å². The Morgan fingerprint density at radius 3 is 0.655 bits per heavy atom. The molecule has 0 amide bonds. The fraction of sp³-hybridized carbons (Fsp3) is 0.500. The van der Waals surface area contributed by atoms with Gasteiger partial charge in [0.25, 0.3) is 0 Å². The second kappa shape index (κ2) is 19.0. The van der Waals surface area contributed by atoms with E-state index in [4.69, 9.17) is 40.9 Å². The number of carbonyl (C=O) groups is 6. The molecule has 0 saturated heterocycles. The van der Waals surface area contributed by atoms with Crippen LogP contribution >= 0.6 is 0 Å². The molecule has 0 aliphatic carbocycles. The zero-order valence-corrected chi connectivity index (χ0v) is 28.3. The minimum Gasteiger partial charge on any atom is -0.481 e. The predicted octanol–water partition coefficient (Wildman–Crippen LogP) is -3.64. The van der Waals surface area contributed by atoms with E-state index in [0.717, 1.165) is 0 Å². The molecule has 0 fully saturated rings. The predicted molar refractivity (Wildman–Crippen MR) is 91.4 cm³/mol. The van der Waals surface area contributed by atoms with Crippen LogP contribution in [0.15, 0.2) is 0 Å². The molecule has 17 heteroatoms. The zero-order chi connectivity index (χ0) is 21.3. The summed E-state index contributed by atoms with van der Waals surface area (Å²) < 4.78 is 0. The largest absolute Gasteiger partial charge is 0.481 e. The van der Waals surface area contributed by atoms with E-state index in [1.165, 1.54) is 0 Å². The van der Waals surface area contributed by atoms with Crippen LogP contribution in [0.5, 0.6) is 0 Å². The van der Waals surface area contributed by atoms with E-state index in [1.54, 1.807) is 0 Å². The Kier molecular flexibility index (Phi) is 26.7. The molecule has 0 saturated carbocycles. The smallest absolute Gasteiger partial charge is 0.336 e. The van der Waals surface area contributed by atoms with E-state index < -0.39 is 72.7 Å². The third kappa shape index (κ3) is 19.8. The number of hydrogen-bond donors (Lipinski definition) is 8. The van der Waals surface area contributed by atoms with Crippen LogP contribution < -0.4 is 0 Å². The minimum absolute atomic E-state index is 0. The Balaban J connectivity index is -0.000000120. The van der Waals surface area contributed by atoms with Crippen molar-refractivity contribution in [1.29, 1.82) is 0 Å². The van der Waals surface area contributed by atoms with Gasteiger partial charge < -0.3 is 40.9 Å². The van der Waals surface area contributed by atoms with Gasteiger partial charge in [0.15, 0.2) is 11.2 Å². The van der Waals surface area contributed by atoms with Crippen LogP contribution in [0.2, 0.25) is 0 Å². The van der Waals surface area contributed by atoms with Crippen LogP contribution in [0.25, 0.3) is 0 Å². The molecule has 8 N–H and O–H groups in total. The number of carboxylic acid groups (broad SMARTS) is 6. The fourth-order valence-corrected chi connectivity index (χ4v) is 1.43. The Morgan fingerprint density at radius 2 is 0.586 bits per heavy atom. The first-order chi connectivity index (χ1) is 11.6. The summed E-state index contributed by atoms with van der Waals surface area (Å²) in [7, 11) is 0. The molecular formula is C12H16Ba3O14. The number of aliphatic carboxylic acids is 6. The summed E-state index contributed by atoms with van der Waals surface area (Å²) >= 11 is 0. The summed E-state index contributed by atoms with van der Waals surface area (Å²) in [5, 5.41) is 67.6. The van der Waals surface area contributed by atoms with Gasteiger partial charge in [0.05, 0.1) is 25.7 Å². The van der Waals surface area contributed by atoms with Crippen LogP contribution in [0.4, 0.5) is 0 Å². The standard InChI is InChI=1S/2C6H8O7.3Ba/c2*7-3(8)1-6(13,5(11)12)2-4(9)10;;;/h2*13H,1-2H2,(H,7,8)(H,9,10)(H,11,12);;;. The molecular weight excluding hydrogens is 780 g/mol. The van der Waals surface area contributed by atoms with Crippen molar-refractivity contribution in [2.45, 2.75) is 36.9 Å².